The van der Waals surface area contributed by atoms with E-state index >= 15 is 0 Å². The number of aryl methyl sites for hydroxylation is 1. The van der Waals surface area contributed by atoms with Gasteiger partial charge in [-0.05, 0) is 6.42 Å². The monoisotopic (exact) mass is 154 g/mol. The van der Waals surface area contributed by atoms with Gasteiger partial charge in [0.1, 0.15) is 6.26 Å². The predicted octanol–water partition coefficient (Wildman–Crippen LogP) is 0.726. The lowest BCUT2D eigenvalue weighted by atomic mass is 10.1. The van der Waals surface area contributed by atoms with Gasteiger partial charge in [-0.15, -0.1) is 0 Å². The summed E-state index contributed by atoms with van der Waals surface area (Å²) in [6.07, 6.45) is 3.19. The van der Waals surface area contributed by atoms with Gasteiger partial charge in [-0.1, -0.05) is 18.5 Å². The Kier molecular flexibility index (Phi) is 2.25. The lowest BCUT2D eigenvalue weighted by molar-refractivity contribution is 0.0991. The van der Waals surface area contributed by atoms with E-state index in [0.717, 1.165) is 18.4 Å². The van der Waals surface area contributed by atoms with Gasteiger partial charge >= 0.3 is 0 Å². The van der Waals surface area contributed by atoms with Crippen LogP contribution in [0.15, 0.2) is 10.8 Å². The molecule has 0 radical (unpaired) electrons. The van der Waals surface area contributed by atoms with Crippen molar-refractivity contribution in [1.82, 2.24) is 5.16 Å². The molecule has 0 atom stereocenters. The fraction of sp³-hybridized carbons (Fsp3) is 0.429. The fourth-order valence-corrected chi connectivity index (χ4v) is 0.907. The summed E-state index contributed by atoms with van der Waals surface area (Å²) in [6, 6.07) is 0. The molecule has 0 spiro atoms. The van der Waals surface area contributed by atoms with E-state index in [1.165, 1.54) is 6.26 Å². The molecule has 0 aliphatic carbocycles. The molecule has 0 fully saturated rings. The molecular weight excluding hydrogens is 144 g/mol. The zero-order chi connectivity index (χ0) is 8.27. The zero-order valence-corrected chi connectivity index (χ0v) is 6.33. The van der Waals surface area contributed by atoms with Crippen LogP contribution in [0.3, 0.4) is 0 Å². The second-order valence-electron chi connectivity index (χ2n) is 2.30. The van der Waals surface area contributed by atoms with Crippen LogP contribution < -0.4 is 5.73 Å². The first-order valence-corrected chi connectivity index (χ1v) is 3.48. The van der Waals surface area contributed by atoms with Gasteiger partial charge in [0, 0.05) is 5.56 Å². The molecule has 1 heterocycles. The van der Waals surface area contributed by atoms with E-state index in [9.17, 15) is 4.79 Å². The Morgan fingerprint density at radius 2 is 2.55 bits per heavy atom. The third-order valence-electron chi connectivity index (χ3n) is 1.40. The molecule has 1 aromatic heterocycles. The van der Waals surface area contributed by atoms with Crippen molar-refractivity contribution in [2.45, 2.75) is 19.8 Å². The Hall–Kier alpha value is -1.32. The summed E-state index contributed by atoms with van der Waals surface area (Å²) in [7, 11) is 0. The molecule has 4 nitrogen and oxygen atoms in total. The standard InChI is InChI=1S/C7H10N2O2/c1-2-3-5-4-11-9-6(5)7(8)10/h4H,2-3H2,1H3,(H2,8,10). The van der Waals surface area contributed by atoms with Crippen molar-refractivity contribution >= 4 is 5.91 Å². The normalized spacial score (nSPS) is 9.91. The highest BCUT2D eigenvalue weighted by Crippen LogP contribution is 2.07. The predicted molar refractivity (Wildman–Crippen MR) is 39.0 cm³/mol. The molecule has 0 saturated carbocycles. The molecular formula is C7H10N2O2. The summed E-state index contributed by atoms with van der Waals surface area (Å²) < 4.78 is 4.61. The minimum absolute atomic E-state index is 0.256. The van der Waals surface area contributed by atoms with E-state index in [-0.39, 0.29) is 5.69 Å². The average Bonchev–Trinajstić information content (AvgIpc) is 2.36. The summed E-state index contributed by atoms with van der Waals surface area (Å²) >= 11 is 0. The number of amides is 1. The Balaban J connectivity index is 2.87. The van der Waals surface area contributed by atoms with Crippen LogP contribution in [0.5, 0.6) is 0 Å². The van der Waals surface area contributed by atoms with Crippen LogP contribution >= 0.6 is 0 Å². The first-order valence-electron chi connectivity index (χ1n) is 3.48. The molecule has 11 heavy (non-hydrogen) atoms. The van der Waals surface area contributed by atoms with Crippen LogP contribution in [-0.4, -0.2) is 11.1 Å². The number of carbonyl (C=O) groups excluding carboxylic acids is 1. The molecule has 0 aliphatic heterocycles. The number of hydrogen-bond donors (Lipinski definition) is 1. The van der Waals surface area contributed by atoms with Crippen LogP contribution in [0.1, 0.15) is 29.4 Å². The van der Waals surface area contributed by atoms with Crippen LogP contribution in [0.4, 0.5) is 0 Å². The van der Waals surface area contributed by atoms with Crippen LogP contribution in [0.25, 0.3) is 0 Å². The van der Waals surface area contributed by atoms with Gasteiger partial charge < -0.3 is 10.3 Å². The van der Waals surface area contributed by atoms with Gasteiger partial charge in [-0.25, -0.2) is 0 Å². The molecule has 0 aromatic carbocycles. The quantitative estimate of drug-likeness (QED) is 0.697. The maximum Gasteiger partial charge on any atom is 0.271 e. The average molecular weight is 154 g/mol. The van der Waals surface area contributed by atoms with Gasteiger partial charge in [0.15, 0.2) is 5.69 Å². The van der Waals surface area contributed by atoms with Crippen molar-refractivity contribution in [2.75, 3.05) is 0 Å². The Morgan fingerprint density at radius 3 is 3.09 bits per heavy atom. The number of nitrogens with two attached hydrogens (primary N) is 1. The zero-order valence-electron chi connectivity index (χ0n) is 6.33. The molecule has 1 rings (SSSR count). The highest BCUT2D eigenvalue weighted by molar-refractivity contribution is 5.91. The second-order valence-corrected chi connectivity index (χ2v) is 2.30. The summed E-state index contributed by atoms with van der Waals surface area (Å²) in [5.41, 5.74) is 6.08. The summed E-state index contributed by atoms with van der Waals surface area (Å²) in [4.78, 5) is 10.7. The SMILES string of the molecule is CCCc1conc1C(N)=O. The largest absolute Gasteiger partial charge is 0.364 e. The molecule has 0 bridgehead atoms. The Labute approximate surface area is 64.4 Å². The van der Waals surface area contributed by atoms with E-state index in [0.29, 0.717) is 0 Å². The number of primary amides is 1. The third kappa shape index (κ3) is 1.58. The number of carbonyl (C=O) groups is 1. The molecule has 0 unspecified atom stereocenters. The van der Waals surface area contributed by atoms with E-state index in [1.807, 2.05) is 6.92 Å². The van der Waals surface area contributed by atoms with E-state index in [4.69, 9.17) is 5.73 Å². The maximum absolute atomic E-state index is 10.7. The number of nitrogens with zero attached hydrogens (tertiary/aromatic N) is 1. The van der Waals surface area contributed by atoms with E-state index in [1.54, 1.807) is 0 Å². The maximum atomic E-state index is 10.7. The Morgan fingerprint density at radius 1 is 1.82 bits per heavy atom. The van der Waals surface area contributed by atoms with Crippen molar-refractivity contribution in [2.24, 2.45) is 5.73 Å². The molecule has 2 N–H and O–H groups in total. The van der Waals surface area contributed by atoms with Crippen molar-refractivity contribution < 1.29 is 9.32 Å². The molecule has 1 amide bonds. The summed E-state index contributed by atoms with van der Waals surface area (Å²) in [5.74, 6) is -0.526. The van der Waals surface area contributed by atoms with Gasteiger partial charge in [0.25, 0.3) is 5.91 Å². The van der Waals surface area contributed by atoms with Crippen molar-refractivity contribution in [3.63, 3.8) is 0 Å². The van der Waals surface area contributed by atoms with Crippen molar-refractivity contribution in [3.05, 3.63) is 17.5 Å². The summed E-state index contributed by atoms with van der Waals surface area (Å²) in [5, 5.41) is 3.48. The van der Waals surface area contributed by atoms with Gasteiger partial charge in [-0.3, -0.25) is 4.79 Å². The third-order valence-corrected chi connectivity index (χ3v) is 1.40. The van der Waals surface area contributed by atoms with Gasteiger partial charge in [0.05, 0.1) is 0 Å². The van der Waals surface area contributed by atoms with Crippen molar-refractivity contribution in [3.8, 4) is 0 Å². The first kappa shape index (κ1) is 7.78. The topological polar surface area (TPSA) is 69.1 Å². The molecule has 0 aliphatic rings. The van der Waals surface area contributed by atoms with Gasteiger partial charge in [0.2, 0.25) is 0 Å². The molecule has 1 aromatic rings. The smallest absolute Gasteiger partial charge is 0.271 e. The van der Waals surface area contributed by atoms with Crippen LogP contribution in [0, 0.1) is 0 Å². The van der Waals surface area contributed by atoms with Gasteiger partial charge in [-0.2, -0.15) is 0 Å². The first-order chi connectivity index (χ1) is 5.25. The van der Waals surface area contributed by atoms with Crippen LogP contribution in [0.2, 0.25) is 0 Å². The van der Waals surface area contributed by atoms with Crippen molar-refractivity contribution in [1.29, 1.82) is 0 Å². The fourth-order valence-electron chi connectivity index (χ4n) is 0.907. The lowest BCUT2D eigenvalue weighted by Gasteiger charge is -1.91. The molecule has 4 heteroatoms. The summed E-state index contributed by atoms with van der Waals surface area (Å²) in [6.45, 7) is 2.01. The lowest BCUT2D eigenvalue weighted by Crippen LogP contribution is -2.13. The highest BCUT2D eigenvalue weighted by atomic mass is 16.5. The Bertz CT molecular complexity index is 255. The highest BCUT2D eigenvalue weighted by Gasteiger charge is 2.11. The van der Waals surface area contributed by atoms with E-state index in [2.05, 4.69) is 9.68 Å². The van der Waals surface area contributed by atoms with Crippen LogP contribution in [-0.2, 0) is 6.42 Å². The number of aromatic nitrogens is 1. The number of hydrogen-bond acceptors (Lipinski definition) is 3. The van der Waals surface area contributed by atoms with E-state index < -0.39 is 5.91 Å². The second kappa shape index (κ2) is 3.18. The minimum Gasteiger partial charge on any atom is -0.364 e. The minimum atomic E-state index is -0.526. The number of rotatable bonds is 3. The molecule has 0 saturated heterocycles. The molecule has 60 valence electrons.